The van der Waals surface area contributed by atoms with Gasteiger partial charge >= 0.3 is 0 Å². The van der Waals surface area contributed by atoms with Crippen molar-refractivity contribution in [2.75, 3.05) is 26.4 Å². The number of hydrogen-bond donors (Lipinski definition) is 12. The number of carbonyl (C=O) groups is 1. The van der Waals surface area contributed by atoms with Crippen molar-refractivity contribution in [2.24, 2.45) is 0 Å². The number of carbonyl (C=O) groups excluding carboxylic acids is 1. The summed E-state index contributed by atoms with van der Waals surface area (Å²) in [7, 11) is 0. The molecule has 1 amide bonds. The van der Waals surface area contributed by atoms with Crippen molar-refractivity contribution in [3.05, 3.63) is 0 Å². The number of unbranched alkanes of at least 4 members (excludes halogenated alkanes) is 70. The van der Waals surface area contributed by atoms with Gasteiger partial charge in [0.25, 0.3) is 0 Å². The molecule has 0 aromatic carbocycles. The van der Waals surface area contributed by atoms with E-state index in [1.165, 1.54) is 411 Å². The smallest absolute Gasteiger partial charge is 0.220 e. The van der Waals surface area contributed by atoms with Crippen LogP contribution in [0.1, 0.15) is 489 Å². The van der Waals surface area contributed by atoms with Gasteiger partial charge in [0.05, 0.1) is 38.6 Å². The van der Waals surface area contributed by atoms with Gasteiger partial charge in [-0.3, -0.25) is 4.79 Å². The highest BCUT2D eigenvalue weighted by atomic mass is 16.8. The molecule has 19 heteroatoms. The van der Waals surface area contributed by atoms with Crippen molar-refractivity contribution in [1.29, 1.82) is 0 Å². The van der Waals surface area contributed by atoms with Gasteiger partial charge in [0.1, 0.15) is 73.2 Å². The number of hydrogen-bond acceptors (Lipinski definition) is 18. The van der Waals surface area contributed by atoms with Crippen molar-refractivity contribution in [3.63, 3.8) is 0 Å². The predicted molar refractivity (Wildman–Crippen MR) is 476 cm³/mol. The van der Waals surface area contributed by atoms with Gasteiger partial charge < -0.3 is 89.9 Å². The summed E-state index contributed by atoms with van der Waals surface area (Å²) >= 11 is 0. The highest BCUT2D eigenvalue weighted by Gasteiger charge is 2.54. The minimum Gasteiger partial charge on any atom is -0.394 e. The van der Waals surface area contributed by atoms with Gasteiger partial charge in [0, 0.05) is 6.42 Å². The zero-order valence-electron chi connectivity index (χ0n) is 75.7. The van der Waals surface area contributed by atoms with Crippen LogP contribution in [-0.4, -0.2) is 193 Å². The van der Waals surface area contributed by atoms with Crippen molar-refractivity contribution < 1.29 is 89.4 Å². The molecule has 17 unspecified atom stereocenters. The Kier molecular flexibility index (Phi) is 73.6. The molecular weight excluding hydrogens is 1480 g/mol. The Balaban J connectivity index is 1.26. The van der Waals surface area contributed by atoms with E-state index in [9.17, 15) is 61.0 Å². The summed E-state index contributed by atoms with van der Waals surface area (Å²) < 4.78 is 34.7. The summed E-state index contributed by atoms with van der Waals surface area (Å²) in [6.07, 6.45) is 71.2. The Morgan fingerprint density at radius 1 is 0.274 bits per heavy atom. The van der Waals surface area contributed by atoms with Crippen LogP contribution in [0.3, 0.4) is 0 Å². The molecule has 0 saturated carbocycles. The third-order valence-electron chi connectivity index (χ3n) is 25.9. The number of aliphatic hydroxyl groups is 11. The summed E-state index contributed by atoms with van der Waals surface area (Å²) in [5.74, 6) is -0.229. The monoisotopic (exact) mass is 1670 g/mol. The van der Waals surface area contributed by atoms with E-state index in [0.717, 1.165) is 44.9 Å². The minimum absolute atomic E-state index is 0.229. The Labute approximate surface area is 716 Å². The fourth-order valence-electron chi connectivity index (χ4n) is 17.9. The number of rotatable bonds is 86. The normalized spacial score (nSPS) is 24.3. The zero-order valence-corrected chi connectivity index (χ0v) is 75.7. The van der Waals surface area contributed by atoms with Gasteiger partial charge in [-0.1, -0.05) is 470 Å². The van der Waals surface area contributed by atoms with Crippen LogP contribution in [0.4, 0.5) is 0 Å². The van der Waals surface area contributed by atoms with Gasteiger partial charge in [-0.2, -0.15) is 0 Å². The molecule has 696 valence electrons. The van der Waals surface area contributed by atoms with E-state index in [4.69, 9.17) is 28.4 Å². The van der Waals surface area contributed by atoms with E-state index in [1.807, 2.05) is 0 Å². The highest BCUT2D eigenvalue weighted by molar-refractivity contribution is 5.76. The molecule has 117 heavy (non-hydrogen) atoms. The largest absolute Gasteiger partial charge is 0.394 e. The van der Waals surface area contributed by atoms with Crippen molar-refractivity contribution in [1.82, 2.24) is 5.32 Å². The lowest BCUT2D eigenvalue weighted by molar-refractivity contribution is -0.379. The molecule has 17 atom stereocenters. The number of nitrogens with one attached hydrogen (secondary N) is 1. The molecular formula is C98H191NO18. The SMILES string of the molecule is CCCCCCCCCCCCCCCCCCCCCCCCCCCCCCCCCCCCCCCCCCC(=O)NC(COC1OC(CO)C(OC2OC(CO)C(OC3OC(CO)C(O)C(O)C3O)C(O)C2O)C(O)C1O)C(O)CCCCCCCCCCCCCCCCCCCCCCCCCCCCCCCCCC. The van der Waals surface area contributed by atoms with E-state index in [2.05, 4.69) is 19.2 Å². The molecule has 3 rings (SSSR count). The average molecular weight is 1670 g/mol. The Morgan fingerprint density at radius 3 is 0.744 bits per heavy atom. The summed E-state index contributed by atoms with van der Waals surface area (Å²) in [4.78, 5) is 13.6. The highest BCUT2D eigenvalue weighted by Crippen LogP contribution is 2.34. The first-order chi connectivity index (χ1) is 57.3. The lowest BCUT2D eigenvalue weighted by Crippen LogP contribution is -2.66. The standard InChI is InChI=1S/C98H191NO18/c1-3-5-7-9-11-13-15-17-19-21-23-25-27-29-31-33-35-37-38-39-40-41-42-43-44-46-48-50-52-54-56-58-60-62-64-66-68-70-72-74-76-86(104)99-81(82(103)75-73-71-69-67-65-63-61-59-57-55-53-51-49-47-45-36-34-32-30-28-26-24-22-20-18-16-14-12-10-8-6-4-2)80-112-96-92(110)89(107)94(84(78-101)114-96)117-98-93(111)90(108)95(85(79-102)115-98)116-97-91(109)88(106)87(105)83(77-100)113-97/h81-85,87-98,100-103,105-111H,3-80H2,1-2H3,(H,99,104). The van der Waals surface area contributed by atoms with Crippen LogP contribution < -0.4 is 5.32 Å². The maximum absolute atomic E-state index is 13.6. The van der Waals surface area contributed by atoms with Crippen LogP contribution in [-0.2, 0) is 33.2 Å². The van der Waals surface area contributed by atoms with Gasteiger partial charge in [-0.25, -0.2) is 0 Å². The fraction of sp³-hybridized carbons (Fsp3) is 0.990. The maximum atomic E-state index is 13.6. The summed E-state index contributed by atoms with van der Waals surface area (Å²) in [6, 6.07) is -0.885. The van der Waals surface area contributed by atoms with Crippen molar-refractivity contribution in [3.8, 4) is 0 Å². The van der Waals surface area contributed by atoms with E-state index >= 15 is 0 Å². The third-order valence-corrected chi connectivity index (χ3v) is 25.9. The van der Waals surface area contributed by atoms with E-state index in [1.54, 1.807) is 0 Å². The first-order valence-corrected chi connectivity index (χ1v) is 50.8. The van der Waals surface area contributed by atoms with Crippen LogP contribution in [0.15, 0.2) is 0 Å². The van der Waals surface area contributed by atoms with Crippen molar-refractivity contribution in [2.45, 2.75) is 593 Å². The molecule has 19 nitrogen and oxygen atoms in total. The number of amides is 1. The number of aliphatic hydroxyl groups excluding tert-OH is 11. The molecule has 0 spiro atoms. The first-order valence-electron chi connectivity index (χ1n) is 50.8. The molecule has 3 aliphatic rings. The quantitative estimate of drug-likeness (QED) is 0.0252. The van der Waals surface area contributed by atoms with Crippen LogP contribution in [0.25, 0.3) is 0 Å². The fourth-order valence-corrected chi connectivity index (χ4v) is 17.9. The van der Waals surface area contributed by atoms with Gasteiger partial charge in [-0.15, -0.1) is 0 Å². The van der Waals surface area contributed by atoms with E-state index < -0.39 is 124 Å². The van der Waals surface area contributed by atoms with E-state index in [-0.39, 0.29) is 18.9 Å². The average Bonchev–Trinajstić information content (AvgIpc) is 0.779. The Morgan fingerprint density at radius 2 is 0.487 bits per heavy atom. The second-order valence-electron chi connectivity index (χ2n) is 36.7. The van der Waals surface area contributed by atoms with E-state index in [0.29, 0.717) is 12.8 Å². The predicted octanol–water partition coefficient (Wildman–Crippen LogP) is 21.2. The molecule has 0 aromatic heterocycles. The topological polar surface area (TPSA) is 307 Å². The lowest BCUT2D eigenvalue weighted by Gasteiger charge is -2.48. The number of ether oxygens (including phenoxy) is 6. The molecule has 3 fully saturated rings. The second-order valence-corrected chi connectivity index (χ2v) is 36.7. The molecule has 0 aromatic rings. The summed E-state index contributed by atoms with van der Waals surface area (Å²) in [5, 5.41) is 122. The first kappa shape index (κ1) is 110. The van der Waals surface area contributed by atoms with Crippen LogP contribution in [0, 0.1) is 0 Å². The van der Waals surface area contributed by atoms with Gasteiger partial charge in [-0.05, 0) is 12.8 Å². The Bertz CT molecular complexity index is 2100. The van der Waals surface area contributed by atoms with Crippen molar-refractivity contribution >= 4 is 5.91 Å². The molecule has 3 saturated heterocycles. The van der Waals surface area contributed by atoms with Crippen LogP contribution >= 0.6 is 0 Å². The summed E-state index contributed by atoms with van der Waals surface area (Å²) in [5.41, 5.74) is 0. The molecule has 3 heterocycles. The molecule has 0 bridgehead atoms. The van der Waals surface area contributed by atoms with Crippen LogP contribution in [0.2, 0.25) is 0 Å². The lowest BCUT2D eigenvalue weighted by atomic mass is 9.96. The molecule has 0 radical (unpaired) electrons. The van der Waals surface area contributed by atoms with Gasteiger partial charge in [0.15, 0.2) is 18.9 Å². The van der Waals surface area contributed by atoms with Crippen LogP contribution in [0.5, 0.6) is 0 Å². The molecule has 3 aliphatic heterocycles. The molecule has 0 aliphatic carbocycles. The van der Waals surface area contributed by atoms with Gasteiger partial charge in [0.2, 0.25) is 5.91 Å². The summed E-state index contributed by atoms with van der Waals surface area (Å²) in [6.45, 7) is 1.91. The Hall–Kier alpha value is -1.21. The zero-order chi connectivity index (χ0) is 84.5. The second kappa shape index (κ2) is 78.3. The minimum atomic E-state index is -1.97. The third kappa shape index (κ3) is 55.8. The molecule has 12 N–H and O–H groups in total. The maximum Gasteiger partial charge on any atom is 0.220 e.